The van der Waals surface area contributed by atoms with Gasteiger partial charge in [0, 0.05) is 18.4 Å². The summed E-state index contributed by atoms with van der Waals surface area (Å²) in [5, 5.41) is 3.79. The van der Waals surface area contributed by atoms with Gasteiger partial charge in [-0.3, -0.25) is 0 Å². The molecule has 1 N–H and O–H groups in total. The second kappa shape index (κ2) is 9.42. The molecule has 3 atom stereocenters. The summed E-state index contributed by atoms with van der Waals surface area (Å²) in [5.74, 6) is 3.37. The van der Waals surface area contributed by atoms with Crippen molar-refractivity contribution in [3.05, 3.63) is 0 Å². The van der Waals surface area contributed by atoms with Gasteiger partial charge in [-0.2, -0.15) is 11.8 Å². The molecule has 0 radical (unpaired) electrons. The van der Waals surface area contributed by atoms with Crippen molar-refractivity contribution in [1.29, 1.82) is 0 Å². The Bertz CT molecular complexity index is 278. The maximum atomic E-state index is 6.19. The number of thioether (sulfide) groups is 1. The van der Waals surface area contributed by atoms with Crippen molar-refractivity contribution in [1.82, 2.24) is 5.32 Å². The number of rotatable bonds is 9. The molecule has 1 spiro atoms. The van der Waals surface area contributed by atoms with E-state index in [1.165, 1.54) is 69.3 Å². The van der Waals surface area contributed by atoms with Gasteiger partial charge >= 0.3 is 0 Å². The minimum Gasteiger partial charge on any atom is -0.374 e. The molecule has 2 heterocycles. The average molecular weight is 314 g/mol. The number of unbranched alkanes of at least 4 members (excludes halogenated alkanes) is 4. The highest BCUT2D eigenvalue weighted by Gasteiger charge is 2.42. The van der Waals surface area contributed by atoms with Crippen molar-refractivity contribution in [3.8, 4) is 0 Å². The van der Waals surface area contributed by atoms with E-state index in [-0.39, 0.29) is 5.60 Å². The molecule has 0 aromatic heterocycles. The number of ether oxygens (including phenoxy) is 1. The Morgan fingerprint density at radius 2 is 2.10 bits per heavy atom. The molecule has 2 saturated heterocycles. The standard InChI is InChI=1S/C18H35NOS/c1-3-5-6-7-8-9-17(19-4-2)16-10-12-20-18(14-16)11-13-21-15-18/h16-17,19H,3-15H2,1-2H3. The molecule has 21 heavy (non-hydrogen) atoms. The normalized spacial score (nSPS) is 30.9. The van der Waals surface area contributed by atoms with Crippen LogP contribution < -0.4 is 5.32 Å². The van der Waals surface area contributed by atoms with E-state index in [1.54, 1.807) is 0 Å². The van der Waals surface area contributed by atoms with E-state index in [0.717, 1.165) is 25.1 Å². The third kappa shape index (κ3) is 5.44. The molecular formula is C18H35NOS. The topological polar surface area (TPSA) is 21.3 Å². The van der Waals surface area contributed by atoms with Gasteiger partial charge < -0.3 is 10.1 Å². The zero-order valence-electron chi connectivity index (χ0n) is 14.2. The van der Waals surface area contributed by atoms with Gasteiger partial charge in [0.2, 0.25) is 0 Å². The lowest BCUT2D eigenvalue weighted by atomic mass is 9.79. The van der Waals surface area contributed by atoms with Crippen LogP contribution in [0.4, 0.5) is 0 Å². The summed E-state index contributed by atoms with van der Waals surface area (Å²) < 4.78 is 6.19. The van der Waals surface area contributed by atoms with Crippen LogP contribution in [0.2, 0.25) is 0 Å². The molecular weight excluding hydrogens is 278 g/mol. The molecule has 2 fully saturated rings. The largest absolute Gasteiger partial charge is 0.374 e. The molecule has 0 amide bonds. The van der Waals surface area contributed by atoms with Gasteiger partial charge in [0.25, 0.3) is 0 Å². The smallest absolute Gasteiger partial charge is 0.0783 e. The third-order valence-corrected chi connectivity index (χ3v) is 6.48. The van der Waals surface area contributed by atoms with Crippen molar-refractivity contribution in [2.75, 3.05) is 24.7 Å². The quantitative estimate of drug-likeness (QED) is 0.627. The van der Waals surface area contributed by atoms with Gasteiger partial charge in [-0.15, -0.1) is 0 Å². The first-order valence-electron chi connectivity index (χ1n) is 9.25. The summed E-state index contributed by atoms with van der Waals surface area (Å²) >= 11 is 2.09. The van der Waals surface area contributed by atoms with Gasteiger partial charge in [-0.05, 0) is 43.9 Å². The second-order valence-corrected chi connectivity index (χ2v) is 8.06. The molecule has 2 nitrogen and oxygen atoms in total. The van der Waals surface area contributed by atoms with Crippen LogP contribution in [0.15, 0.2) is 0 Å². The zero-order chi connectivity index (χ0) is 15.0. The van der Waals surface area contributed by atoms with E-state index >= 15 is 0 Å². The Labute approximate surface area is 136 Å². The highest BCUT2D eigenvalue weighted by atomic mass is 32.2. The number of nitrogens with one attached hydrogen (secondary N) is 1. The first-order chi connectivity index (χ1) is 10.3. The zero-order valence-corrected chi connectivity index (χ0v) is 15.0. The van der Waals surface area contributed by atoms with Crippen LogP contribution in [-0.4, -0.2) is 36.3 Å². The lowest BCUT2D eigenvalue weighted by Gasteiger charge is -2.41. The molecule has 0 aromatic carbocycles. The fourth-order valence-corrected chi connectivity index (χ4v) is 5.39. The summed E-state index contributed by atoms with van der Waals surface area (Å²) in [6.45, 7) is 6.65. The monoisotopic (exact) mass is 313 g/mol. The van der Waals surface area contributed by atoms with Crippen LogP contribution in [-0.2, 0) is 4.74 Å². The van der Waals surface area contributed by atoms with Crippen molar-refractivity contribution in [2.24, 2.45) is 5.92 Å². The maximum absolute atomic E-state index is 6.19. The summed E-state index contributed by atoms with van der Waals surface area (Å²) in [6.07, 6.45) is 12.2. The molecule has 0 saturated carbocycles. The van der Waals surface area contributed by atoms with E-state index in [1.807, 2.05) is 0 Å². The van der Waals surface area contributed by atoms with E-state index in [9.17, 15) is 0 Å². The van der Waals surface area contributed by atoms with Crippen LogP contribution in [0.1, 0.15) is 71.6 Å². The van der Waals surface area contributed by atoms with E-state index in [0.29, 0.717) is 0 Å². The van der Waals surface area contributed by atoms with Crippen LogP contribution >= 0.6 is 11.8 Å². The summed E-state index contributed by atoms with van der Waals surface area (Å²) in [4.78, 5) is 0. The maximum Gasteiger partial charge on any atom is 0.0783 e. The fourth-order valence-electron chi connectivity index (χ4n) is 4.01. The van der Waals surface area contributed by atoms with Crippen LogP contribution in [0.3, 0.4) is 0 Å². The van der Waals surface area contributed by atoms with Crippen LogP contribution in [0.5, 0.6) is 0 Å². The minimum atomic E-state index is 0.240. The Morgan fingerprint density at radius 1 is 1.24 bits per heavy atom. The highest BCUT2D eigenvalue weighted by Crippen LogP contribution is 2.41. The SMILES string of the molecule is CCCCCCCC(NCC)C1CCOC2(CCSC2)C1. The Hall–Kier alpha value is 0.270. The third-order valence-electron chi connectivity index (χ3n) is 5.25. The number of hydrogen-bond acceptors (Lipinski definition) is 3. The second-order valence-electron chi connectivity index (χ2n) is 6.95. The average Bonchev–Trinajstić information content (AvgIpc) is 2.94. The van der Waals surface area contributed by atoms with Crippen molar-refractivity contribution in [2.45, 2.75) is 83.3 Å². The summed E-state index contributed by atoms with van der Waals surface area (Å²) in [6, 6.07) is 0.725. The summed E-state index contributed by atoms with van der Waals surface area (Å²) in [7, 11) is 0. The van der Waals surface area contributed by atoms with Crippen molar-refractivity contribution >= 4 is 11.8 Å². The summed E-state index contributed by atoms with van der Waals surface area (Å²) in [5.41, 5.74) is 0.240. The van der Waals surface area contributed by atoms with E-state index in [4.69, 9.17) is 4.74 Å². The van der Waals surface area contributed by atoms with E-state index in [2.05, 4.69) is 30.9 Å². The van der Waals surface area contributed by atoms with Gasteiger partial charge in [0.05, 0.1) is 5.60 Å². The van der Waals surface area contributed by atoms with Gasteiger partial charge in [-0.1, -0.05) is 46.0 Å². The Morgan fingerprint density at radius 3 is 2.81 bits per heavy atom. The fraction of sp³-hybridized carbons (Fsp3) is 1.00. The van der Waals surface area contributed by atoms with E-state index < -0.39 is 0 Å². The molecule has 2 aliphatic rings. The number of hydrogen-bond donors (Lipinski definition) is 1. The predicted octanol–water partition coefficient (Wildman–Crippen LogP) is 4.63. The van der Waals surface area contributed by atoms with Gasteiger partial charge in [0.15, 0.2) is 0 Å². The van der Waals surface area contributed by atoms with Crippen LogP contribution in [0, 0.1) is 5.92 Å². The van der Waals surface area contributed by atoms with Gasteiger partial charge in [-0.25, -0.2) is 0 Å². The van der Waals surface area contributed by atoms with Crippen LogP contribution in [0.25, 0.3) is 0 Å². The molecule has 2 rings (SSSR count). The lowest BCUT2D eigenvalue weighted by Crippen LogP contribution is -2.47. The van der Waals surface area contributed by atoms with Crippen molar-refractivity contribution < 1.29 is 4.74 Å². The van der Waals surface area contributed by atoms with Crippen molar-refractivity contribution in [3.63, 3.8) is 0 Å². The molecule has 0 aromatic rings. The molecule has 3 heteroatoms. The minimum absolute atomic E-state index is 0.240. The highest BCUT2D eigenvalue weighted by molar-refractivity contribution is 7.99. The predicted molar refractivity (Wildman–Crippen MR) is 94.2 cm³/mol. The lowest BCUT2D eigenvalue weighted by molar-refractivity contribution is -0.0855. The first-order valence-corrected chi connectivity index (χ1v) is 10.4. The Balaban J connectivity index is 1.79. The molecule has 0 aliphatic carbocycles. The Kier molecular flexibility index (Phi) is 7.90. The molecule has 124 valence electrons. The molecule has 0 bridgehead atoms. The first kappa shape index (κ1) is 17.6. The molecule has 2 aliphatic heterocycles. The molecule has 3 unspecified atom stereocenters. The van der Waals surface area contributed by atoms with Gasteiger partial charge in [0.1, 0.15) is 0 Å².